The van der Waals surface area contributed by atoms with Gasteiger partial charge in [-0.05, 0) is 18.2 Å². The van der Waals surface area contributed by atoms with Crippen molar-refractivity contribution in [2.24, 2.45) is 0 Å². The van der Waals surface area contributed by atoms with Gasteiger partial charge in [-0.25, -0.2) is 4.98 Å². The highest BCUT2D eigenvalue weighted by Gasteiger charge is 2.35. The summed E-state index contributed by atoms with van der Waals surface area (Å²) < 4.78 is 61.9. The SMILES string of the molecule is CCc1nc(-c2cc(C(F)(F)F)cc(C(F)(F)I)c2)c[nH]1. The van der Waals surface area contributed by atoms with Crippen LogP contribution >= 0.6 is 22.6 Å². The number of rotatable bonds is 3. The predicted octanol–water partition coefficient (Wildman–Crippen LogP) is 5.14. The molecule has 0 aliphatic heterocycles. The van der Waals surface area contributed by atoms with Gasteiger partial charge in [0.25, 0.3) is 0 Å². The molecule has 114 valence electrons. The van der Waals surface area contributed by atoms with Crippen molar-refractivity contribution in [3.63, 3.8) is 0 Å². The van der Waals surface area contributed by atoms with Gasteiger partial charge < -0.3 is 4.98 Å². The Bertz CT molecular complexity index is 610. The first kappa shape index (κ1) is 16.2. The first-order valence-electron chi connectivity index (χ1n) is 5.95. The van der Waals surface area contributed by atoms with Crippen LogP contribution in [0.25, 0.3) is 11.3 Å². The van der Waals surface area contributed by atoms with Crippen molar-refractivity contribution in [2.45, 2.75) is 23.5 Å². The van der Waals surface area contributed by atoms with Crippen molar-refractivity contribution >= 4 is 22.6 Å². The summed E-state index contributed by atoms with van der Waals surface area (Å²) in [5, 5.41) is 0. The molecule has 0 saturated heterocycles. The molecule has 21 heavy (non-hydrogen) atoms. The maximum Gasteiger partial charge on any atom is 0.416 e. The van der Waals surface area contributed by atoms with Gasteiger partial charge in [-0.1, -0.05) is 6.92 Å². The molecule has 1 N–H and O–H groups in total. The van der Waals surface area contributed by atoms with Gasteiger partial charge in [0.05, 0.1) is 11.3 Å². The van der Waals surface area contributed by atoms with Gasteiger partial charge in [-0.15, -0.1) is 0 Å². The molecule has 2 rings (SSSR count). The fraction of sp³-hybridized carbons (Fsp3) is 0.308. The third-order valence-corrected chi connectivity index (χ3v) is 3.47. The van der Waals surface area contributed by atoms with Crippen molar-refractivity contribution in [1.29, 1.82) is 0 Å². The van der Waals surface area contributed by atoms with Gasteiger partial charge >= 0.3 is 10.1 Å². The lowest BCUT2D eigenvalue weighted by Crippen LogP contribution is -2.10. The van der Waals surface area contributed by atoms with E-state index < -0.39 is 21.2 Å². The monoisotopic (exact) mass is 416 g/mol. The van der Waals surface area contributed by atoms with E-state index in [2.05, 4.69) is 9.97 Å². The summed E-state index contributed by atoms with van der Waals surface area (Å²) in [7, 11) is 0. The molecule has 0 unspecified atom stereocenters. The van der Waals surface area contributed by atoms with Crippen LogP contribution < -0.4 is 0 Å². The molecule has 8 heteroatoms. The zero-order valence-corrected chi connectivity index (χ0v) is 12.9. The fourth-order valence-corrected chi connectivity index (χ4v) is 2.10. The van der Waals surface area contributed by atoms with Crippen molar-refractivity contribution in [1.82, 2.24) is 9.97 Å². The number of imidazole rings is 1. The lowest BCUT2D eigenvalue weighted by molar-refractivity contribution is -0.137. The Balaban J connectivity index is 2.60. The van der Waals surface area contributed by atoms with E-state index >= 15 is 0 Å². The zero-order chi connectivity index (χ0) is 15.8. The summed E-state index contributed by atoms with van der Waals surface area (Å²) >= 11 is 0.807. The van der Waals surface area contributed by atoms with Gasteiger partial charge in [0.15, 0.2) is 0 Å². The van der Waals surface area contributed by atoms with E-state index in [1.165, 1.54) is 6.20 Å². The zero-order valence-electron chi connectivity index (χ0n) is 10.7. The Morgan fingerprint density at radius 3 is 2.19 bits per heavy atom. The molecule has 1 aromatic heterocycles. The summed E-state index contributed by atoms with van der Waals surface area (Å²) in [5.41, 5.74) is -1.60. The van der Waals surface area contributed by atoms with Gasteiger partial charge in [0, 0.05) is 46.3 Å². The predicted molar refractivity (Wildman–Crippen MR) is 76.3 cm³/mol. The number of aromatic nitrogens is 2. The number of halogens is 6. The highest BCUT2D eigenvalue weighted by Crippen LogP contribution is 2.40. The molecule has 0 atom stereocenters. The first-order chi connectivity index (χ1) is 9.61. The standard InChI is InChI=1S/C13H10F5IN2/c1-2-11-20-6-10(21-11)7-3-8(12(14,15)16)5-9(4-7)13(17,18)19/h3-6H,2H2,1H3,(H,20,21). The molecular formula is C13H10F5IN2. The molecule has 0 saturated carbocycles. The van der Waals surface area contributed by atoms with Crippen LogP contribution in [0.3, 0.4) is 0 Å². The number of H-pyrrole nitrogens is 1. The van der Waals surface area contributed by atoms with Crippen LogP contribution in [0, 0.1) is 0 Å². The summed E-state index contributed by atoms with van der Waals surface area (Å²) in [6.07, 6.45) is -2.73. The van der Waals surface area contributed by atoms with E-state index in [-0.39, 0.29) is 11.3 Å². The van der Waals surface area contributed by atoms with Crippen LogP contribution in [-0.4, -0.2) is 9.97 Å². The minimum absolute atomic E-state index is 0.00659. The Kier molecular flexibility index (Phi) is 4.27. The highest BCUT2D eigenvalue weighted by molar-refractivity contribution is 14.1. The summed E-state index contributed by atoms with van der Waals surface area (Å²) in [6.45, 7) is 1.82. The smallest absolute Gasteiger partial charge is 0.348 e. The average Bonchev–Trinajstić information content (AvgIpc) is 2.85. The van der Waals surface area contributed by atoms with E-state index in [0.717, 1.165) is 34.7 Å². The van der Waals surface area contributed by atoms with E-state index in [0.29, 0.717) is 18.3 Å². The number of nitrogens with one attached hydrogen (secondary N) is 1. The maximum absolute atomic E-state index is 13.4. The number of benzene rings is 1. The average molecular weight is 416 g/mol. The van der Waals surface area contributed by atoms with Gasteiger partial charge in [-0.3, -0.25) is 0 Å². The minimum Gasteiger partial charge on any atom is -0.348 e. The first-order valence-corrected chi connectivity index (χ1v) is 7.03. The van der Waals surface area contributed by atoms with Gasteiger partial charge in [0.1, 0.15) is 5.82 Å². The third-order valence-electron chi connectivity index (χ3n) is 2.85. The van der Waals surface area contributed by atoms with E-state index in [4.69, 9.17) is 0 Å². The second-order valence-electron chi connectivity index (χ2n) is 4.38. The Hall–Kier alpha value is -1.19. The lowest BCUT2D eigenvalue weighted by atomic mass is 10.0. The number of aryl methyl sites for hydroxylation is 1. The minimum atomic E-state index is -4.70. The molecule has 0 amide bonds. The van der Waals surface area contributed by atoms with Crippen molar-refractivity contribution < 1.29 is 22.0 Å². The summed E-state index contributed by atoms with van der Waals surface area (Å²) in [4.78, 5) is 6.86. The quantitative estimate of drug-likeness (QED) is 0.419. The highest BCUT2D eigenvalue weighted by atomic mass is 127. The lowest BCUT2D eigenvalue weighted by Gasteiger charge is -2.14. The maximum atomic E-state index is 13.4. The third kappa shape index (κ3) is 3.72. The molecule has 2 nitrogen and oxygen atoms in total. The second-order valence-corrected chi connectivity index (χ2v) is 5.74. The number of aromatic amines is 1. The van der Waals surface area contributed by atoms with Gasteiger partial charge in [0.2, 0.25) is 0 Å². The van der Waals surface area contributed by atoms with Crippen LogP contribution in [-0.2, 0) is 16.5 Å². The molecule has 0 fully saturated rings. The normalized spacial score (nSPS) is 12.7. The van der Waals surface area contributed by atoms with E-state index in [1.54, 1.807) is 0 Å². The van der Waals surface area contributed by atoms with Crippen LogP contribution in [0.1, 0.15) is 23.9 Å². The molecule has 1 aromatic carbocycles. The van der Waals surface area contributed by atoms with E-state index in [1.807, 2.05) is 6.92 Å². The van der Waals surface area contributed by atoms with Gasteiger partial charge in [-0.2, -0.15) is 22.0 Å². The second kappa shape index (κ2) is 5.54. The molecule has 0 radical (unpaired) electrons. The van der Waals surface area contributed by atoms with E-state index in [9.17, 15) is 22.0 Å². The molecule has 0 spiro atoms. The number of hydrogen-bond acceptors (Lipinski definition) is 1. The van der Waals surface area contributed by atoms with Crippen molar-refractivity contribution in [2.75, 3.05) is 0 Å². The Labute approximate surface area is 130 Å². The van der Waals surface area contributed by atoms with Crippen molar-refractivity contribution in [3.05, 3.63) is 41.3 Å². The molecule has 0 aliphatic rings. The largest absolute Gasteiger partial charge is 0.416 e. The summed E-state index contributed by atoms with van der Waals surface area (Å²) in [6, 6.07) is 2.31. The molecule has 2 aromatic rings. The fourth-order valence-electron chi connectivity index (χ4n) is 1.79. The Morgan fingerprint density at radius 1 is 1.10 bits per heavy atom. The van der Waals surface area contributed by atoms with Crippen LogP contribution in [0.5, 0.6) is 0 Å². The van der Waals surface area contributed by atoms with Crippen LogP contribution in [0.15, 0.2) is 24.4 Å². The van der Waals surface area contributed by atoms with Crippen LogP contribution in [0.4, 0.5) is 22.0 Å². The molecule has 0 bridgehead atoms. The molecule has 0 aliphatic carbocycles. The number of nitrogens with zero attached hydrogens (tertiary/aromatic N) is 1. The summed E-state index contributed by atoms with van der Waals surface area (Å²) in [5.74, 6) is 0.574. The molecule has 1 heterocycles. The number of alkyl halides is 6. The van der Waals surface area contributed by atoms with Crippen LogP contribution in [0.2, 0.25) is 0 Å². The van der Waals surface area contributed by atoms with Crippen molar-refractivity contribution in [3.8, 4) is 11.3 Å². The Morgan fingerprint density at radius 2 is 1.71 bits per heavy atom. The topological polar surface area (TPSA) is 28.7 Å². The number of hydrogen-bond donors (Lipinski definition) is 1. The molecular weight excluding hydrogens is 406 g/mol.